The van der Waals surface area contributed by atoms with E-state index in [1.807, 2.05) is 0 Å². The minimum absolute atomic E-state index is 0.534. The maximum atomic E-state index is 10.8. The van der Waals surface area contributed by atoms with E-state index in [1.54, 1.807) is 25.3 Å². The van der Waals surface area contributed by atoms with E-state index >= 15 is 0 Å². The number of aldehydes is 1. The van der Waals surface area contributed by atoms with Gasteiger partial charge in [0.1, 0.15) is 11.5 Å². The quantitative estimate of drug-likeness (QED) is 0.419. The monoisotopic (exact) mass is 242 g/mol. The summed E-state index contributed by atoms with van der Waals surface area (Å²) in [6.45, 7) is 0.556. The van der Waals surface area contributed by atoms with E-state index in [4.69, 9.17) is 21.1 Å². The van der Waals surface area contributed by atoms with Gasteiger partial charge >= 0.3 is 0 Å². The second-order valence-electron chi connectivity index (χ2n) is 3.27. The number of carbonyl (C=O) groups excluding carboxylic acids is 1. The van der Waals surface area contributed by atoms with E-state index in [2.05, 4.69) is 0 Å². The molecule has 0 aliphatic carbocycles. The lowest BCUT2D eigenvalue weighted by molar-refractivity contribution is 0.111. The van der Waals surface area contributed by atoms with Crippen molar-refractivity contribution in [2.75, 3.05) is 19.6 Å². The normalized spacial score (nSPS) is 9.88. The molecule has 1 aromatic carbocycles. The summed E-state index contributed by atoms with van der Waals surface area (Å²) in [5, 5.41) is 0. The highest BCUT2D eigenvalue weighted by atomic mass is 35.5. The summed E-state index contributed by atoms with van der Waals surface area (Å²) in [6, 6.07) is 5.13. The van der Waals surface area contributed by atoms with Crippen LogP contribution in [0.1, 0.15) is 23.2 Å². The number of carbonyl (C=O) groups is 1. The Labute approximate surface area is 100 Å². The van der Waals surface area contributed by atoms with Gasteiger partial charge in [0.05, 0.1) is 19.3 Å². The lowest BCUT2D eigenvalue weighted by Crippen LogP contribution is -2.00. The summed E-state index contributed by atoms with van der Waals surface area (Å²) in [7, 11) is 1.58. The number of rotatable bonds is 7. The van der Waals surface area contributed by atoms with Gasteiger partial charge in [0.15, 0.2) is 6.29 Å². The Hall–Kier alpha value is -1.22. The van der Waals surface area contributed by atoms with Crippen LogP contribution in [0.25, 0.3) is 0 Å². The smallest absolute Gasteiger partial charge is 0.153 e. The molecule has 0 fully saturated rings. The first-order valence-corrected chi connectivity index (χ1v) is 5.67. The Bertz CT molecular complexity index is 339. The highest BCUT2D eigenvalue weighted by Crippen LogP contribution is 2.23. The van der Waals surface area contributed by atoms with Crippen molar-refractivity contribution >= 4 is 17.9 Å². The summed E-state index contributed by atoms with van der Waals surface area (Å²) in [6.07, 6.45) is 2.55. The minimum atomic E-state index is 0.534. The molecule has 0 saturated carbocycles. The molecule has 0 aliphatic rings. The number of hydrogen-bond acceptors (Lipinski definition) is 3. The third-order valence-corrected chi connectivity index (χ3v) is 2.40. The predicted octanol–water partition coefficient (Wildman–Crippen LogP) is 2.91. The average Bonchev–Trinajstić information content (AvgIpc) is 2.34. The van der Waals surface area contributed by atoms with E-state index in [0.717, 1.165) is 19.1 Å². The van der Waals surface area contributed by atoms with Crippen molar-refractivity contribution in [1.29, 1.82) is 0 Å². The van der Waals surface area contributed by atoms with Crippen LogP contribution in [0.2, 0.25) is 0 Å². The predicted molar refractivity (Wildman–Crippen MR) is 63.8 cm³/mol. The maximum absolute atomic E-state index is 10.8. The molecule has 3 nitrogen and oxygen atoms in total. The third-order valence-electron chi connectivity index (χ3n) is 2.13. The van der Waals surface area contributed by atoms with Crippen molar-refractivity contribution in [3.8, 4) is 11.5 Å². The van der Waals surface area contributed by atoms with Crippen LogP contribution in [-0.2, 0) is 0 Å². The van der Waals surface area contributed by atoms with Gasteiger partial charge in [-0.3, -0.25) is 4.79 Å². The van der Waals surface area contributed by atoms with Crippen molar-refractivity contribution in [1.82, 2.24) is 0 Å². The standard InChI is InChI=1S/C12H15ClO3/c1-15-11-5-4-10(9-14)12(8-11)16-7-3-2-6-13/h4-5,8-9H,2-3,6-7H2,1H3. The summed E-state index contributed by atoms with van der Waals surface area (Å²) < 4.78 is 10.6. The topological polar surface area (TPSA) is 35.5 Å². The summed E-state index contributed by atoms with van der Waals surface area (Å²) in [4.78, 5) is 10.8. The summed E-state index contributed by atoms with van der Waals surface area (Å²) in [5.74, 6) is 1.86. The molecule has 0 bridgehead atoms. The van der Waals surface area contributed by atoms with Crippen molar-refractivity contribution in [3.63, 3.8) is 0 Å². The minimum Gasteiger partial charge on any atom is -0.497 e. The third kappa shape index (κ3) is 3.74. The van der Waals surface area contributed by atoms with Crippen LogP contribution in [-0.4, -0.2) is 25.9 Å². The molecule has 0 amide bonds. The van der Waals surface area contributed by atoms with Crippen LogP contribution in [0.4, 0.5) is 0 Å². The first-order valence-electron chi connectivity index (χ1n) is 5.13. The lowest BCUT2D eigenvalue weighted by Gasteiger charge is -2.09. The number of alkyl halides is 1. The Balaban J connectivity index is 2.64. The molecule has 88 valence electrons. The first kappa shape index (κ1) is 12.8. The van der Waals surface area contributed by atoms with Gasteiger partial charge < -0.3 is 9.47 Å². The molecule has 0 atom stereocenters. The van der Waals surface area contributed by atoms with Gasteiger partial charge in [-0.05, 0) is 25.0 Å². The van der Waals surface area contributed by atoms with Gasteiger partial charge in [0.25, 0.3) is 0 Å². The Morgan fingerprint density at radius 3 is 2.81 bits per heavy atom. The Morgan fingerprint density at radius 1 is 1.38 bits per heavy atom. The van der Waals surface area contributed by atoms with Gasteiger partial charge in [-0.25, -0.2) is 0 Å². The molecule has 0 aromatic heterocycles. The Morgan fingerprint density at radius 2 is 2.19 bits per heavy atom. The van der Waals surface area contributed by atoms with Crippen molar-refractivity contribution < 1.29 is 14.3 Å². The van der Waals surface area contributed by atoms with E-state index in [9.17, 15) is 4.79 Å². The first-order chi connectivity index (χ1) is 7.81. The second kappa shape index (κ2) is 7.12. The fraction of sp³-hybridized carbons (Fsp3) is 0.417. The number of benzene rings is 1. The number of ether oxygens (including phenoxy) is 2. The zero-order valence-corrected chi connectivity index (χ0v) is 10.00. The van der Waals surface area contributed by atoms with Crippen molar-refractivity contribution in [2.45, 2.75) is 12.8 Å². The molecular weight excluding hydrogens is 228 g/mol. The molecule has 0 N–H and O–H groups in total. The Kier molecular flexibility index (Phi) is 5.72. The van der Waals surface area contributed by atoms with Crippen molar-refractivity contribution in [3.05, 3.63) is 23.8 Å². The van der Waals surface area contributed by atoms with Crippen LogP contribution in [0.15, 0.2) is 18.2 Å². The molecule has 1 aromatic rings. The number of methoxy groups -OCH3 is 1. The van der Waals surface area contributed by atoms with Gasteiger partial charge in [-0.1, -0.05) is 0 Å². The molecule has 1 rings (SSSR count). The molecule has 0 spiro atoms. The SMILES string of the molecule is COc1ccc(C=O)c(OCCCCCl)c1. The van der Waals surface area contributed by atoms with Crippen LogP contribution < -0.4 is 9.47 Å². The number of unbranched alkanes of at least 4 members (excludes halogenated alkanes) is 1. The summed E-state index contributed by atoms with van der Waals surface area (Å²) >= 11 is 5.56. The second-order valence-corrected chi connectivity index (χ2v) is 3.64. The maximum Gasteiger partial charge on any atom is 0.153 e. The molecule has 0 aliphatic heterocycles. The molecule has 0 radical (unpaired) electrons. The fourth-order valence-electron chi connectivity index (χ4n) is 1.24. The summed E-state index contributed by atoms with van der Waals surface area (Å²) in [5.41, 5.74) is 0.534. The number of hydrogen-bond donors (Lipinski definition) is 0. The van der Waals surface area contributed by atoms with Gasteiger partial charge in [-0.15, -0.1) is 11.6 Å². The van der Waals surface area contributed by atoms with Gasteiger partial charge in [0.2, 0.25) is 0 Å². The molecular formula is C12H15ClO3. The van der Waals surface area contributed by atoms with Crippen LogP contribution in [0, 0.1) is 0 Å². The largest absolute Gasteiger partial charge is 0.497 e. The van der Waals surface area contributed by atoms with Crippen LogP contribution >= 0.6 is 11.6 Å². The molecule has 16 heavy (non-hydrogen) atoms. The van der Waals surface area contributed by atoms with E-state index in [0.29, 0.717) is 29.5 Å². The molecule has 4 heteroatoms. The van der Waals surface area contributed by atoms with Crippen LogP contribution in [0.5, 0.6) is 11.5 Å². The highest BCUT2D eigenvalue weighted by Gasteiger charge is 2.04. The average molecular weight is 243 g/mol. The lowest BCUT2D eigenvalue weighted by atomic mass is 10.2. The van der Waals surface area contributed by atoms with Crippen LogP contribution in [0.3, 0.4) is 0 Å². The van der Waals surface area contributed by atoms with E-state index in [1.165, 1.54) is 0 Å². The zero-order chi connectivity index (χ0) is 11.8. The fourth-order valence-corrected chi connectivity index (χ4v) is 1.43. The van der Waals surface area contributed by atoms with Gasteiger partial charge in [-0.2, -0.15) is 0 Å². The van der Waals surface area contributed by atoms with E-state index < -0.39 is 0 Å². The van der Waals surface area contributed by atoms with Gasteiger partial charge in [0, 0.05) is 11.9 Å². The molecule has 0 saturated heterocycles. The molecule has 0 heterocycles. The zero-order valence-electron chi connectivity index (χ0n) is 9.24. The van der Waals surface area contributed by atoms with Crippen molar-refractivity contribution in [2.24, 2.45) is 0 Å². The molecule has 0 unspecified atom stereocenters. The highest BCUT2D eigenvalue weighted by molar-refractivity contribution is 6.17. The number of halogens is 1. The van der Waals surface area contributed by atoms with E-state index in [-0.39, 0.29) is 0 Å².